The first-order valence-corrected chi connectivity index (χ1v) is 9.50. The minimum atomic E-state index is -0.345. The van der Waals surface area contributed by atoms with Crippen LogP contribution in [0.25, 0.3) is 0 Å². The van der Waals surface area contributed by atoms with Crippen molar-refractivity contribution >= 4 is 5.91 Å². The number of halogens is 1. The highest BCUT2D eigenvalue weighted by atomic mass is 19.1. The Bertz CT molecular complexity index is 1090. The van der Waals surface area contributed by atoms with Crippen LogP contribution in [0.15, 0.2) is 59.4 Å². The lowest BCUT2D eigenvalue weighted by Crippen LogP contribution is -2.32. The van der Waals surface area contributed by atoms with Gasteiger partial charge in [-0.25, -0.2) is 9.07 Å². The Labute approximate surface area is 166 Å². The largest absolute Gasteiger partial charge is 0.457 e. The molecule has 2 aromatic carbocycles. The number of hydrogen-bond donors (Lipinski definition) is 1. The lowest BCUT2D eigenvalue weighted by molar-refractivity contribution is 0.0951. The Morgan fingerprint density at radius 3 is 2.76 bits per heavy atom. The molecule has 1 heterocycles. The average Bonchev–Trinajstić information content (AvgIpc) is 3.17. The molecule has 3 aromatic rings. The number of amides is 1. The number of fused-ring (bicyclic) bond motifs is 1. The summed E-state index contributed by atoms with van der Waals surface area (Å²) >= 11 is 0. The van der Waals surface area contributed by atoms with Crippen molar-refractivity contribution in [3.63, 3.8) is 0 Å². The molecular formula is C22H20FN3O3. The average molecular weight is 393 g/mol. The predicted octanol–water partition coefficient (Wildman–Crippen LogP) is 3.09. The molecule has 0 spiro atoms. The highest BCUT2D eigenvalue weighted by Crippen LogP contribution is 2.22. The van der Waals surface area contributed by atoms with Gasteiger partial charge in [0.2, 0.25) is 0 Å². The fraction of sp³-hybridized carbons (Fsp3) is 0.227. The first kappa shape index (κ1) is 18.9. The van der Waals surface area contributed by atoms with Gasteiger partial charge in [0.25, 0.3) is 11.5 Å². The number of aryl methyl sites for hydroxylation is 2. The molecule has 0 saturated heterocycles. The van der Waals surface area contributed by atoms with Gasteiger partial charge in [-0.1, -0.05) is 6.07 Å². The number of nitrogens with one attached hydrogen (secondary N) is 1. The highest BCUT2D eigenvalue weighted by molar-refractivity contribution is 5.94. The second-order valence-corrected chi connectivity index (χ2v) is 6.87. The molecule has 0 fully saturated rings. The zero-order valence-corrected chi connectivity index (χ0v) is 15.7. The highest BCUT2D eigenvalue weighted by Gasteiger charge is 2.15. The van der Waals surface area contributed by atoms with Crippen LogP contribution in [0.3, 0.4) is 0 Å². The number of benzene rings is 2. The van der Waals surface area contributed by atoms with Crippen LogP contribution in [-0.4, -0.2) is 22.2 Å². The van der Waals surface area contributed by atoms with Crippen molar-refractivity contribution in [1.29, 1.82) is 0 Å². The number of hydrogen-bond acceptors (Lipinski definition) is 4. The lowest BCUT2D eigenvalue weighted by Gasteiger charge is -2.10. The number of aromatic nitrogens is 2. The molecule has 1 aliphatic rings. The van der Waals surface area contributed by atoms with Crippen LogP contribution in [0.5, 0.6) is 11.5 Å². The maximum atomic E-state index is 13.0. The quantitative estimate of drug-likeness (QED) is 0.699. The Morgan fingerprint density at radius 1 is 1.10 bits per heavy atom. The molecule has 4 rings (SSSR count). The summed E-state index contributed by atoms with van der Waals surface area (Å²) in [5.41, 5.74) is 2.29. The zero-order valence-electron chi connectivity index (χ0n) is 15.7. The van der Waals surface area contributed by atoms with Crippen LogP contribution in [-0.2, 0) is 19.4 Å². The van der Waals surface area contributed by atoms with E-state index < -0.39 is 0 Å². The summed E-state index contributed by atoms with van der Waals surface area (Å²) in [6.45, 7) is 0.594. The Kier molecular flexibility index (Phi) is 5.37. The van der Waals surface area contributed by atoms with E-state index >= 15 is 0 Å². The van der Waals surface area contributed by atoms with Crippen LogP contribution in [0, 0.1) is 5.82 Å². The van der Waals surface area contributed by atoms with Crippen molar-refractivity contribution in [2.45, 2.75) is 25.8 Å². The smallest absolute Gasteiger partial charge is 0.267 e. The van der Waals surface area contributed by atoms with E-state index in [9.17, 15) is 14.0 Å². The summed E-state index contributed by atoms with van der Waals surface area (Å²) < 4.78 is 20.0. The van der Waals surface area contributed by atoms with Gasteiger partial charge >= 0.3 is 0 Å². The summed E-state index contributed by atoms with van der Waals surface area (Å²) in [7, 11) is 0. The summed E-state index contributed by atoms with van der Waals surface area (Å²) in [6.07, 6.45) is 2.83. The lowest BCUT2D eigenvalue weighted by atomic mass is 10.2. The molecule has 1 amide bonds. The minimum Gasteiger partial charge on any atom is -0.457 e. The van der Waals surface area contributed by atoms with E-state index in [4.69, 9.17) is 4.74 Å². The third-order valence-corrected chi connectivity index (χ3v) is 4.78. The molecule has 148 valence electrons. The Morgan fingerprint density at radius 2 is 1.93 bits per heavy atom. The molecule has 7 heteroatoms. The predicted molar refractivity (Wildman–Crippen MR) is 106 cm³/mol. The SMILES string of the molecule is O=C(NCCn1nc2c(cc1=O)CCC2)c1cccc(Oc2ccc(F)cc2)c1. The van der Waals surface area contributed by atoms with Gasteiger partial charge in [0, 0.05) is 18.2 Å². The number of carbonyl (C=O) groups is 1. The number of carbonyl (C=O) groups excluding carboxylic acids is 1. The molecule has 29 heavy (non-hydrogen) atoms. The van der Waals surface area contributed by atoms with Gasteiger partial charge in [-0.15, -0.1) is 0 Å². The van der Waals surface area contributed by atoms with Crippen molar-refractivity contribution in [3.8, 4) is 11.5 Å². The number of ether oxygens (including phenoxy) is 1. The maximum absolute atomic E-state index is 13.0. The van der Waals surface area contributed by atoms with Gasteiger partial charge in [-0.2, -0.15) is 5.10 Å². The van der Waals surface area contributed by atoms with Crippen LogP contribution in [0.4, 0.5) is 4.39 Å². The van der Waals surface area contributed by atoms with E-state index in [2.05, 4.69) is 10.4 Å². The molecule has 0 bridgehead atoms. The summed E-state index contributed by atoms with van der Waals surface area (Å²) in [6, 6.07) is 14.0. The van der Waals surface area contributed by atoms with Gasteiger partial charge in [0.1, 0.15) is 17.3 Å². The molecule has 1 aromatic heterocycles. The first-order valence-electron chi connectivity index (χ1n) is 9.50. The minimum absolute atomic E-state index is 0.144. The van der Waals surface area contributed by atoms with Crippen LogP contribution >= 0.6 is 0 Å². The van der Waals surface area contributed by atoms with Crippen LogP contribution in [0.2, 0.25) is 0 Å². The molecule has 1 N–H and O–H groups in total. The third kappa shape index (κ3) is 4.51. The van der Waals surface area contributed by atoms with Crippen molar-refractivity contribution < 1.29 is 13.9 Å². The molecule has 0 radical (unpaired) electrons. The molecule has 6 nitrogen and oxygen atoms in total. The molecule has 0 unspecified atom stereocenters. The topological polar surface area (TPSA) is 73.2 Å². The summed E-state index contributed by atoms with van der Waals surface area (Å²) in [5.74, 6) is 0.331. The standard InChI is InChI=1S/C22H20FN3O3/c23-17-7-9-18(10-8-17)29-19-5-1-4-16(13-19)22(28)24-11-12-26-21(27)14-15-3-2-6-20(15)25-26/h1,4-5,7-10,13-14H,2-3,6,11-12H2,(H,24,28). The van der Waals surface area contributed by atoms with E-state index in [1.165, 1.54) is 28.9 Å². The van der Waals surface area contributed by atoms with Gasteiger partial charge in [0.05, 0.1) is 12.2 Å². The van der Waals surface area contributed by atoms with E-state index in [1.54, 1.807) is 30.3 Å². The van der Waals surface area contributed by atoms with E-state index in [-0.39, 0.29) is 23.8 Å². The van der Waals surface area contributed by atoms with Gasteiger partial charge in [0.15, 0.2) is 0 Å². The van der Waals surface area contributed by atoms with Crippen LogP contribution < -0.4 is 15.6 Å². The van der Waals surface area contributed by atoms with Crippen molar-refractivity contribution in [2.75, 3.05) is 6.54 Å². The van der Waals surface area contributed by atoms with Gasteiger partial charge in [-0.05, 0) is 67.3 Å². The fourth-order valence-electron chi connectivity index (χ4n) is 3.32. The molecule has 0 atom stereocenters. The van der Waals surface area contributed by atoms with Crippen molar-refractivity contribution in [1.82, 2.24) is 15.1 Å². The molecular weight excluding hydrogens is 373 g/mol. The van der Waals surface area contributed by atoms with Crippen molar-refractivity contribution in [2.24, 2.45) is 0 Å². The second-order valence-electron chi connectivity index (χ2n) is 6.87. The van der Waals surface area contributed by atoms with Crippen LogP contribution in [0.1, 0.15) is 28.0 Å². The third-order valence-electron chi connectivity index (χ3n) is 4.78. The molecule has 1 aliphatic carbocycles. The van der Waals surface area contributed by atoms with E-state index in [0.717, 1.165) is 30.5 Å². The number of rotatable bonds is 6. The second kappa shape index (κ2) is 8.26. The van der Waals surface area contributed by atoms with Crippen molar-refractivity contribution in [3.05, 3.63) is 87.6 Å². The Balaban J connectivity index is 1.36. The molecule has 0 saturated carbocycles. The number of nitrogens with zero attached hydrogens (tertiary/aromatic N) is 2. The fourth-order valence-corrected chi connectivity index (χ4v) is 3.32. The van der Waals surface area contributed by atoms with Gasteiger partial charge in [-0.3, -0.25) is 9.59 Å². The summed E-state index contributed by atoms with van der Waals surface area (Å²) in [4.78, 5) is 24.5. The normalized spacial score (nSPS) is 12.4. The maximum Gasteiger partial charge on any atom is 0.267 e. The van der Waals surface area contributed by atoms with E-state index in [0.29, 0.717) is 23.6 Å². The van der Waals surface area contributed by atoms with Gasteiger partial charge < -0.3 is 10.1 Å². The first-order chi connectivity index (χ1) is 14.1. The molecule has 0 aliphatic heterocycles. The van der Waals surface area contributed by atoms with E-state index in [1.807, 2.05) is 0 Å². The monoisotopic (exact) mass is 393 g/mol. The zero-order chi connectivity index (χ0) is 20.2. The summed E-state index contributed by atoms with van der Waals surface area (Å²) in [5, 5.41) is 7.19. The Hall–Kier alpha value is -3.48.